The number of nitrogens with zero attached hydrogens (tertiary/aromatic N) is 4. The molecule has 0 saturated heterocycles. The first-order chi connectivity index (χ1) is 8.92. The van der Waals surface area contributed by atoms with E-state index in [1.165, 1.54) is 21.8 Å². The summed E-state index contributed by atoms with van der Waals surface area (Å²) in [5, 5.41) is 7.86. The summed E-state index contributed by atoms with van der Waals surface area (Å²) in [6.07, 6.45) is 5.25. The lowest BCUT2D eigenvalue weighted by molar-refractivity contribution is 0.595. The first-order valence-electron chi connectivity index (χ1n) is 5.77. The van der Waals surface area contributed by atoms with Crippen LogP contribution in [0.2, 0.25) is 0 Å². The maximum Gasteiger partial charge on any atom is 0.267 e. The van der Waals surface area contributed by atoms with E-state index >= 15 is 0 Å². The van der Waals surface area contributed by atoms with E-state index < -0.39 is 10.0 Å². The molecule has 0 unspecified atom stereocenters. The molecule has 0 saturated carbocycles. The Hall–Kier alpha value is -2.03. The molecule has 0 amide bonds. The van der Waals surface area contributed by atoms with E-state index in [0.717, 1.165) is 6.42 Å². The molecule has 0 spiro atoms. The standard InChI is InChI=1S/C10H16N6O2S/c1-3-4-16-7-9(10(11)13-16)19(17,18)14-8-5-12-15(2)6-8/h5-7,14H,3-4H2,1-2H3,(H2,11,13). The largest absolute Gasteiger partial charge is 0.381 e. The van der Waals surface area contributed by atoms with E-state index in [4.69, 9.17) is 5.73 Å². The maximum absolute atomic E-state index is 12.2. The Morgan fingerprint density at radius 1 is 1.42 bits per heavy atom. The van der Waals surface area contributed by atoms with E-state index in [9.17, 15) is 8.42 Å². The van der Waals surface area contributed by atoms with Crippen molar-refractivity contribution in [1.82, 2.24) is 19.6 Å². The third-order valence-corrected chi connectivity index (χ3v) is 3.85. The molecule has 0 aliphatic heterocycles. The lowest BCUT2D eigenvalue weighted by Crippen LogP contribution is -2.13. The Labute approximate surface area is 111 Å². The molecule has 0 atom stereocenters. The Morgan fingerprint density at radius 3 is 2.74 bits per heavy atom. The molecule has 104 valence electrons. The zero-order chi connectivity index (χ0) is 14.0. The average molecular weight is 284 g/mol. The fourth-order valence-electron chi connectivity index (χ4n) is 1.65. The van der Waals surface area contributed by atoms with Gasteiger partial charge >= 0.3 is 0 Å². The van der Waals surface area contributed by atoms with Crippen LogP contribution in [-0.2, 0) is 23.6 Å². The number of nitrogens with one attached hydrogen (secondary N) is 1. The normalized spacial score (nSPS) is 11.7. The molecule has 9 heteroatoms. The highest BCUT2D eigenvalue weighted by Crippen LogP contribution is 2.20. The van der Waals surface area contributed by atoms with E-state index in [1.54, 1.807) is 13.2 Å². The number of rotatable bonds is 5. The van der Waals surface area contributed by atoms with Crippen molar-refractivity contribution in [2.24, 2.45) is 7.05 Å². The quantitative estimate of drug-likeness (QED) is 0.826. The monoisotopic (exact) mass is 284 g/mol. The van der Waals surface area contributed by atoms with Gasteiger partial charge in [0.1, 0.15) is 4.90 Å². The number of sulfonamides is 1. The molecule has 8 nitrogen and oxygen atoms in total. The van der Waals surface area contributed by atoms with Crippen molar-refractivity contribution >= 4 is 21.5 Å². The van der Waals surface area contributed by atoms with Crippen LogP contribution in [-0.4, -0.2) is 28.0 Å². The minimum Gasteiger partial charge on any atom is -0.381 e. The number of nitrogens with two attached hydrogens (primary N) is 1. The third-order valence-electron chi connectivity index (χ3n) is 2.45. The van der Waals surface area contributed by atoms with E-state index in [2.05, 4.69) is 14.9 Å². The van der Waals surface area contributed by atoms with Crippen LogP contribution in [0, 0.1) is 0 Å². The fourth-order valence-corrected chi connectivity index (χ4v) is 2.76. The van der Waals surface area contributed by atoms with Crippen molar-refractivity contribution in [3.8, 4) is 0 Å². The van der Waals surface area contributed by atoms with Crippen LogP contribution < -0.4 is 10.5 Å². The predicted molar refractivity (Wildman–Crippen MR) is 70.9 cm³/mol. The summed E-state index contributed by atoms with van der Waals surface area (Å²) in [5.41, 5.74) is 6.02. The highest BCUT2D eigenvalue weighted by Gasteiger charge is 2.21. The molecule has 0 aliphatic rings. The molecule has 0 radical (unpaired) electrons. The third kappa shape index (κ3) is 2.87. The Bertz CT molecular complexity index is 672. The van der Waals surface area contributed by atoms with Gasteiger partial charge in [0, 0.05) is 26.0 Å². The number of anilines is 2. The van der Waals surface area contributed by atoms with Gasteiger partial charge in [-0.25, -0.2) is 8.42 Å². The summed E-state index contributed by atoms with van der Waals surface area (Å²) in [6.45, 7) is 2.59. The van der Waals surface area contributed by atoms with Crippen LogP contribution >= 0.6 is 0 Å². The van der Waals surface area contributed by atoms with E-state index in [0.29, 0.717) is 12.2 Å². The molecule has 0 fully saturated rings. The molecule has 2 rings (SSSR count). The number of hydrogen-bond acceptors (Lipinski definition) is 5. The molecule has 2 heterocycles. The van der Waals surface area contributed by atoms with Gasteiger partial charge in [-0.15, -0.1) is 0 Å². The van der Waals surface area contributed by atoms with Crippen LogP contribution in [0.3, 0.4) is 0 Å². The number of hydrogen-bond donors (Lipinski definition) is 2. The van der Waals surface area contributed by atoms with Gasteiger partial charge in [-0.3, -0.25) is 14.1 Å². The number of nitrogen functional groups attached to an aromatic ring is 1. The van der Waals surface area contributed by atoms with Gasteiger partial charge in [-0.05, 0) is 6.42 Å². The maximum atomic E-state index is 12.2. The van der Waals surface area contributed by atoms with Crippen LogP contribution in [0.25, 0.3) is 0 Å². The first kappa shape index (κ1) is 13.4. The van der Waals surface area contributed by atoms with Crippen LogP contribution in [0.1, 0.15) is 13.3 Å². The van der Waals surface area contributed by atoms with Gasteiger partial charge in [-0.1, -0.05) is 6.92 Å². The Balaban J connectivity index is 2.28. The zero-order valence-electron chi connectivity index (χ0n) is 10.7. The van der Waals surface area contributed by atoms with Gasteiger partial charge in [-0.2, -0.15) is 10.2 Å². The smallest absolute Gasteiger partial charge is 0.267 e. The number of aromatic nitrogens is 4. The van der Waals surface area contributed by atoms with Gasteiger partial charge in [0.15, 0.2) is 5.82 Å². The van der Waals surface area contributed by atoms with E-state index in [1.807, 2.05) is 6.92 Å². The van der Waals surface area contributed by atoms with Crippen molar-refractivity contribution < 1.29 is 8.42 Å². The minimum absolute atomic E-state index is 0.00941. The zero-order valence-corrected chi connectivity index (χ0v) is 11.6. The SMILES string of the molecule is CCCn1cc(S(=O)(=O)Nc2cnn(C)c2)c(N)n1. The van der Waals surface area contributed by atoms with Gasteiger partial charge in [0.2, 0.25) is 0 Å². The van der Waals surface area contributed by atoms with Crippen molar-refractivity contribution in [1.29, 1.82) is 0 Å². The van der Waals surface area contributed by atoms with Crippen molar-refractivity contribution in [3.05, 3.63) is 18.6 Å². The molecular weight excluding hydrogens is 268 g/mol. The molecule has 19 heavy (non-hydrogen) atoms. The van der Waals surface area contributed by atoms with Gasteiger partial charge in [0.25, 0.3) is 10.0 Å². The molecule has 0 aliphatic carbocycles. The fraction of sp³-hybridized carbons (Fsp3) is 0.400. The van der Waals surface area contributed by atoms with Crippen LogP contribution in [0.15, 0.2) is 23.5 Å². The molecule has 0 bridgehead atoms. The molecule has 0 aromatic carbocycles. The predicted octanol–water partition coefficient (Wildman–Crippen LogP) is 0.410. The summed E-state index contributed by atoms with van der Waals surface area (Å²) in [6, 6.07) is 0. The van der Waals surface area contributed by atoms with Crippen molar-refractivity contribution in [2.45, 2.75) is 24.8 Å². The summed E-state index contributed by atoms with van der Waals surface area (Å²) < 4.78 is 29.8. The average Bonchev–Trinajstić information content (AvgIpc) is 2.86. The van der Waals surface area contributed by atoms with Crippen molar-refractivity contribution in [2.75, 3.05) is 10.5 Å². The Morgan fingerprint density at radius 2 is 2.16 bits per heavy atom. The topological polar surface area (TPSA) is 108 Å². The van der Waals surface area contributed by atoms with Crippen molar-refractivity contribution in [3.63, 3.8) is 0 Å². The molecule has 2 aromatic rings. The summed E-state index contributed by atoms with van der Waals surface area (Å²) in [7, 11) is -2.04. The molecular formula is C10H16N6O2S. The summed E-state index contributed by atoms with van der Waals surface area (Å²) >= 11 is 0. The first-order valence-corrected chi connectivity index (χ1v) is 7.25. The summed E-state index contributed by atoms with van der Waals surface area (Å²) in [5.74, 6) is -0.00941. The van der Waals surface area contributed by atoms with Crippen LogP contribution in [0.5, 0.6) is 0 Å². The molecule has 2 aromatic heterocycles. The second kappa shape index (κ2) is 4.92. The Kier molecular flexibility index (Phi) is 3.47. The lowest BCUT2D eigenvalue weighted by atomic mass is 10.5. The number of aryl methyl sites for hydroxylation is 2. The van der Waals surface area contributed by atoms with E-state index in [-0.39, 0.29) is 10.7 Å². The van der Waals surface area contributed by atoms with Gasteiger partial charge < -0.3 is 5.73 Å². The lowest BCUT2D eigenvalue weighted by Gasteiger charge is -2.03. The summed E-state index contributed by atoms with van der Waals surface area (Å²) in [4.78, 5) is -0.0233. The van der Waals surface area contributed by atoms with Gasteiger partial charge in [0.05, 0.1) is 11.9 Å². The second-order valence-corrected chi connectivity index (χ2v) is 5.80. The van der Waals surface area contributed by atoms with Crippen LogP contribution in [0.4, 0.5) is 11.5 Å². The molecule has 3 N–H and O–H groups in total. The highest BCUT2D eigenvalue weighted by atomic mass is 32.2. The second-order valence-electron chi connectivity index (χ2n) is 4.15. The highest BCUT2D eigenvalue weighted by molar-refractivity contribution is 7.92. The minimum atomic E-state index is -3.74.